The molecular formula is C17H24N2O. The highest BCUT2D eigenvalue weighted by Crippen LogP contribution is 2.14. The van der Waals surface area contributed by atoms with E-state index in [0.29, 0.717) is 6.04 Å². The van der Waals surface area contributed by atoms with Gasteiger partial charge >= 0.3 is 0 Å². The van der Waals surface area contributed by atoms with Crippen LogP contribution in [0.25, 0.3) is 0 Å². The Morgan fingerprint density at radius 3 is 2.75 bits per heavy atom. The molecule has 1 aromatic carbocycles. The monoisotopic (exact) mass is 272 g/mol. The first-order valence-electron chi connectivity index (χ1n) is 7.40. The second-order valence-electron chi connectivity index (χ2n) is 5.58. The smallest absolute Gasteiger partial charge is 0.237 e. The van der Waals surface area contributed by atoms with Gasteiger partial charge in [0.2, 0.25) is 5.91 Å². The maximum absolute atomic E-state index is 12.0. The summed E-state index contributed by atoms with van der Waals surface area (Å²) in [6.07, 6.45) is 5.83. The Labute approximate surface area is 121 Å². The van der Waals surface area contributed by atoms with Crippen molar-refractivity contribution in [3.05, 3.63) is 48.6 Å². The third-order valence-corrected chi connectivity index (χ3v) is 3.84. The molecule has 0 aromatic heterocycles. The molecule has 3 atom stereocenters. The highest BCUT2D eigenvalue weighted by molar-refractivity contribution is 5.82. The van der Waals surface area contributed by atoms with Gasteiger partial charge in [0.25, 0.3) is 0 Å². The Morgan fingerprint density at radius 2 is 2.05 bits per heavy atom. The van der Waals surface area contributed by atoms with Crippen LogP contribution in [0.2, 0.25) is 0 Å². The summed E-state index contributed by atoms with van der Waals surface area (Å²) in [4.78, 5) is 12.0. The molecule has 1 saturated heterocycles. The van der Waals surface area contributed by atoms with Crippen molar-refractivity contribution in [2.75, 3.05) is 0 Å². The molecule has 1 heterocycles. The van der Waals surface area contributed by atoms with Crippen LogP contribution in [-0.2, 0) is 11.2 Å². The first-order valence-corrected chi connectivity index (χ1v) is 7.40. The Balaban J connectivity index is 2.02. The van der Waals surface area contributed by atoms with Gasteiger partial charge < -0.3 is 10.6 Å². The van der Waals surface area contributed by atoms with Gasteiger partial charge in [-0.05, 0) is 38.2 Å². The summed E-state index contributed by atoms with van der Waals surface area (Å²) in [6.45, 7) is 5.71. The number of carbonyl (C=O) groups excluding carboxylic acids is 1. The van der Waals surface area contributed by atoms with E-state index in [-0.39, 0.29) is 18.0 Å². The Hall–Kier alpha value is -1.61. The number of hydrogen-bond donors (Lipinski definition) is 2. The second-order valence-corrected chi connectivity index (χ2v) is 5.58. The summed E-state index contributed by atoms with van der Waals surface area (Å²) in [5, 5.41) is 6.58. The van der Waals surface area contributed by atoms with E-state index in [1.54, 1.807) is 0 Å². The number of carbonyl (C=O) groups is 1. The molecular weight excluding hydrogens is 248 g/mol. The number of rotatable bonds is 5. The summed E-state index contributed by atoms with van der Waals surface area (Å²) in [5.41, 5.74) is 1.27. The standard InChI is InChI=1S/C17H24N2O/c1-3-4-10-15-12-16(19-17(20)13(2)18-15)11-14-8-6-5-7-9-14/h3,5-9,13,15-16,18H,1,4,10-12H2,2H3,(H,19,20)/t13-,15+,16-/m0/s1. The molecule has 1 aromatic rings. The van der Waals surface area contributed by atoms with E-state index in [1.807, 2.05) is 31.2 Å². The fourth-order valence-electron chi connectivity index (χ4n) is 2.78. The van der Waals surface area contributed by atoms with Gasteiger partial charge in [0.05, 0.1) is 6.04 Å². The highest BCUT2D eigenvalue weighted by atomic mass is 16.2. The topological polar surface area (TPSA) is 41.1 Å². The molecule has 3 nitrogen and oxygen atoms in total. The zero-order valence-corrected chi connectivity index (χ0v) is 12.1. The third-order valence-electron chi connectivity index (χ3n) is 3.84. The van der Waals surface area contributed by atoms with Crippen LogP contribution in [0.3, 0.4) is 0 Å². The van der Waals surface area contributed by atoms with E-state index >= 15 is 0 Å². The predicted molar refractivity (Wildman–Crippen MR) is 82.5 cm³/mol. The molecule has 108 valence electrons. The van der Waals surface area contributed by atoms with Gasteiger partial charge in [-0.25, -0.2) is 0 Å². The first-order chi connectivity index (χ1) is 9.69. The predicted octanol–water partition coefficient (Wildman–Crippen LogP) is 2.43. The largest absolute Gasteiger partial charge is 0.352 e. The lowest BCUT2D eigenvalue weighted by Crippen LogP contribution is -2.43. The van der Waals surface area contributed by atoms with E-state index < -0.39 is 0 Å². The Morgan fingerprint density at radius 1 is 1.30 bits per heavy atom. The van der Waals surface area contributed by atoms with Crippen LogP contribution < -0.4 is 10.6 Å². The number of allylic oxidation sites excluding steroid dienone is 1. The molecule has 1 amide bonds. The van der Waals surface area contributed by atoms with Gasteiger partial charge in [0.1, 0.15) is 0 Å². The van der Waals surface area contributed by atoms with Crippen LogP contribution in [0.15, 0.2) is 43.0 Å². The minimum absolute atomic E-state index is 0.104. The van der Waals surface area contributed by atoms with Crippen molar-refractivity contribution in [1.82, 2.24) is 10.6 Å². The minimum Gasteiger partial charge on any atom is -0.352 e. The Bertz CT molecular complexity index is 444. The third kappa shape index (κ3) is 4.20. The van der Waals surface area contributed by atoms with Crippen LogP contribution in [0.1, 0.15) is 31.7 Å². The lowest BCUT2D eigenvalue weighted by Gasteiger charge is -2.20. The average Bonchev–Trinajstić information content (AvgIpc) is 2.57. The Kier molecular flexibility index (Phi) is 5.36. The number of hydrogen-bond acceptors (Lipinski definition) is 2. The van der Waals surface area contributed by atoms with E-state index in [9.17, 15) is 4.79 Å². The molecule has 0 unspecified atom stereocenters. The fourth-order valence-corrected chi connectivity index (χ4v) is 2.78. The quantitative estimate of drug-likeness (QED) is 0.808. The zero-order chi connectivity index (χ0) is 14.4. The van der Waals surface area contributed by atoms with E-state index in [4.69, 9.17) is 0 Å². The first kappa shape index (κ1) is 14.8. The van der Waals surface area contributed by atoms with Gasteiger partial charge in [-0.1, -0.05) is 36.4 Å². The van der Waals surface area contributed by atoms with E-state index in [2.05, 4.69) is 29.3 Å². The molecule has 0 bridgehead atoms. The average molecular weight is 272 g/mol. The molecule has 20 heavy (non-hydrogen) atoms. The number of benzene rings is 1. The van der Waals surface area contributed by atoms with Crippen LogP contribution in [0, 0.1) is 0 Å². The maximum Gasteiger partial charge on any atom is 0.237 e. The van der Waals surface area contributed by atoms with Crippen molar-refractivity contribution >= 4 is 5.91 Å². The summed E-state index contributed by atoms with van der Waals surface area (Å²) in [7, 11) is 0. The van der Waals surface area contributed by atoms with Crippen molar-refractivity contribution in [1.29, 1.82) is 0 Å². The molecule has 1 aliphatic rings. The lowest BCUT2D eigenvalue weighted by molar-refractivity contribution is -0.122. The molecule has 1 aliphatic heterocycles. The fraction of sp³-hybridized carbons (Fsp3) is 0.471. The van der Waals surface area contributed by atoms with Crippen LogP contribution in [0.5, 0.6) is 0 Å². The zero-order valence-electron chi connectivity index (χ0n) is 12.1. The molecule has 0 aliphatic carbocycles. The van der Waals surface area contributed by atoms with Gasteiger partial charge in [-0.3, -0.25) is 4.79 Å². The highest BCUT2D eigenvalue weighted by Gasteiger charge is 2.27. The van der Waals surface area contributed by atoms with Crippen molar-refractivity contribution in [3.63, 3.8) is 0 Å². The summed E-state index contributed by atoms with van der Waals surface area (Å²) in [5.74, 6) is 0.104. The van der Waals surface area contributed by atoms with Crippen LogP contribution in [-0.4, -0.2) is 24.0 Å². The molecule has 2 rings (SSSR count). The summed E-state index contributed by atoms with van der Waals surface area (Å²) in [6, 6.07) is 10.8. The maximum atomic E-state index is 12.0. The SMILES string of the molecule is C=CCC[C@@H]1C[C@H](Cc2ccccc2)NC(=O)[C@H](C)N1. The summed E-state index contributed by atoms with van der Waals surface area (Å²) >= 11 is 0. The van der Waals surface area contributed by atoms with Crippen molar-refractivity contribution < 1.29 is 4.79 Å². The second kappa shape index (κ2) is 7.25. The molecule has 0 radical (unpaired) electrons. The van der Waals surface area contributed by atoms with Crippen molar-refractivity contribution in [2.45, 2.75) is 50.7 Å². The molecule has 1 fully saturated rings. The van der Waals surface area contributed by atoms with Crippen molar-refractivity contribution in [3.8, 4) is 0 Å². The van der Waals surface area contributed by atoms with Crippen LogP contribution in [0.4, 0.5) is 0 Å². The molecule has 0 spiro atoms. The number of amides is 1. The van der Waals surface area contributed by atoms with Gasteiger partial charge in [0, 0.05) is 12.1 Å². The van der Waals surface area contributed by atoms with E-state index in [1.165, 1.54) is 5.56 Å². The van der Waals surface area contributed by atoms with Gasteiger partial charge in [-0.2, -0.15) is 0 Å². The molecule has 0 saturated carbocycles. The van der Waals surface area contributed by atoms with Crippen molar-refractivity contribution in [2.24, 2.45) is 0 Å². The van der Waals surface area contributed by atoms with E-state index in [0.717, 1.165) is 25.7 Å². The number of nitrogens with one attached hydrogen (secondary N) is 2. The van der Waals surface area contributed by atoms with Gasteiger partial charge in [0.15, 0.2) is 0 Å². The van der Waals surface area contributed by atoms with Gasteiger partial charge in [-0.15, -0.1) is 6.58 Å². The molecule has 2 N–H and O–H groups in total. The normalized spacial score (nSPS) is 26.6. The molecule has 3 heteroatoms. The lowest BCUT2D eigenvalue weighted by atomic mass is 9.97. The summed E-state index contributed by atoms with van der Waals surface area (Å²) < 4.78 is 0. The van der Waals surface area contributed by atoms with Crippen LogP contribution >= 0.6 is 0 Å². The minimum atomic E-state index is -0.120.